The summed E-state index contributed by atoms with van der Waals surface area (Å²) in [5.74, 6) is -0.945. The number of nitrogens with one attached hydrogen (secondary N) is 2. The summed E-state index contributed by atoms with van der Waals surface area (Å²) < 4.78 is 1.31. The molecule has 0 unspecified atom stereocenters. The van der Waals surface area contributed by atoms with Crippen LogP contribution in [0.1, 0.15) is 58.6 Å². The summed E-state index contributed by atoms with van der Waals surface area (Å²) in [5, 5.41) is 11.1. The maximum Gasteiger partial charge on any atom is 0.345 e. The van der Waals surface area contributed by atoms with Gasteiger partial charge >= 0.3 is 6.03 Å². The fourth-order valence-electron chi connectivity index (χ4n) is 5.43. The van der Waals surface area contributed by atoms with E-state index in [-0.39, 0.29) is 34.0 Å². The van der Waals surface area contributed by atoms with Gasteiger partial charge in [-0.3, -0.25) is 19.4 Å². The Balaban J connectivity index is 0.00000278. The zero-order valence-electron chi connectivity index (χ0n) is 26.0. The average molecular weight is 646 g/mol. The lowest BCUT2D eigenvalue weighted by molar-refractivity contribution is -0.125. The molecular weight excluding hydrogens is 602 g/mol. The SMILES string of the molecule is CNC(=O)c1ccccc1Sc1ccc2c(/C=C/c3ccccn3)nn(C(=O)N(C)[C@@H](C)C(=O)NC3CCC(C(N)=O)CC3)c2c1.[HH].[HH].[HH]. The van der Waals surface area contributed by atoms with E-state index in [1.165, 1.54) is 21.3 Å². The van der Waals surface area contributed by atoms with Crippen molar-refractivity contribution in [1.29, 1.82) is 0 Å². The molecule has 1 saturated carbocycles. The molecule has 0 bridgehead atoms. The van der Waals surface area contributed by atoms with Gasteiger partial charge in [-0.2, -0.15) is 9.78 Å². The number of fused-ring (bicyclic) bond motifs is 1. The van der Waals surface area contributed by atoms with E-state index in [0.717, 1.165) is 20.9 Å². The van der Waals surface area contributed by atoms with Crippen LogP contribution in [-0.2, 0) is 9.59 Å². The van der Waals surface area contributed by atoms with Crippen LogP contribution in [0.3, 0.4) is 0 Å². The summed E-state index contributed by atoms with van der Waals surface area (Å²) in [6.45, 7) is 1.67. The van der Waals surface area contributed by atoms with Gasteiger partial charge in [0.2, 0.25) is 11.8 Å². The second-order valence-corrected chi connectivity index (χ2v) is 12.4. The Labute approximate surface area is 276 Å². The second kappa shape index (κ2) is 14.4. The van der Waals surface area contributed by atoms with Gasteiger partial charge in [0.15, 0.2) is 0 Å². The normalized spacial score (nSPS) is 17.0. The molecule has 1 atom stereocenters. The number of carbonyl (C=O) groups excluding carboxylic acids is 4. The molecule has 0 spiro atoms. The Hall–Kier alpha value is -4.97. The van der Waals surface area contributed by atoms with Gasteiger partial charge in [0.1, 0.15) is 6.04 Å². The van der Waals surface area contributed by atoms with E-state index in [1.807, 2.05) is 60.7 Å². The highest BCUT2D eigenvalue weighted by molar-refractivity contribution is 7.99. The van der Waals surface area contributed by atoms with Crippen LogP contribution in [0.2, 0.25) is 0 Å². The number of likely N-dealkylation sites (N-methyl/N-ethyl adjacent to an activating group) is 1. The minimum atomic E-state index is -0.787. The minimum absolute atomic E-state index is 0. The smallest absolute Gasteiger partial charge is 0.345 e. The Morgan fingerprint density at radius 3 is 2.48 bits per heavy atom. The molecule has 4 aromatic rings. The predicted molar refractivity (Wildman–Crippen MR) is 184 cm³/mol. The van der Waals surface area contributed by atoms with E-state index in [0.29, 0.717) is 42.5 Å². The van der Waals surface area contributed by atoms with Gasteiger partial charge in [-0.1, -0.05) is 30.0 Å². The van der Waals surface area contributed by atoms with Gasteiger partial charge in [0.05, 0.1) is 22.5 Å². The average Bonchev–Trinajstić information content (AvgIpc) is 3.44. The van der Waals surface area contributed by atoms with E-state index in [1.54, 1.807) is 39.4 Å². The Morgan fingerprint density at radius 2 is 1.78 bits per heavy atom. The van der Waals surface area contributed by atoms with Gasteiger partial charge in [0.25, 0.3) is 5.91 Å². The number of primary amides is 1. The first-order chi connectivity index (χ1) is 22.2. The van der Waals surface area contributed by atoms with Crippen molar-refractivity contribution in [1.82, 2.24) is 30.3 Å². The lowest BCUT2D eigenvalue weighted by atomic mass is 9.85. The quantitative estimate of drug-likeness (QED) is 0.223. The molecule has 4 N–H and O–H groups in total. The monoisotopic (exact) mass is 645 g/mol. The zero-order chi connectivity index (χ0) is 32.8. The van der Waals surface area contributed by atoms with Crippen molar-refractivity contribution in [2.75, 3.05) is 14.1 Å². The molecule has 1 aliphatic rings. The van der Waals surface area contributed by atoms with Crippen molar-refractivity contribution in [3.63, 3.8) is 0 Å². The first-order valence-corrected chi connectivity index (χ1v) is 16.0. The third-order valence-electron chi connectivity index (χ3n) is 8.29. The summed E-state index contributed by atoms with van der Waals surface area (Å²) in [6.07, 6.45) is 7.90. The van der Waals surface area contributed by atoms with Crippen LogP contribution in [0.4, 0.5) is 4.79 Å². The van der Waals surface area contributed by atoms with Crippen molar-refractivity contribution in [3.8, 4) is 0 Å². The zero-order valence-corrected chi connectivity index (χ0v) is 26.8. The number of amides is 4. The van der Waals surface area contributed by atoms with Crippen LogP contribution in [-0.4, -0.2) is 69.6 Å². The first-order valence-electron chi connectivity index (χ1n) is 15.1. The standard InChI is InChI=1S/C34H37N7O4S.3H2/c1-21(32(43)38-24-13-11-22(12-14-24)31(35)42)40(3)34(45)41-29-20-25(46-30-10-5-4-9-27(30)33(44)36-2)16-17-26(29)28(39-41)18-15-23-8-6-7-19-37-23;;;/h4-10,15-22,24H,11-14H2,1-3H3,(H2,35,42)(H,36,44)(H,38,43);3*1H/b18-15+;;;/t21-,22?,24?;;;/m0.../s1. The Kier molecular flexibility index (Phi) is 10.2. The number of benzene rings is 2. The molecule has 4 amide bonds. The van der Waals surface area contributed by atoms with Gasteiger partial charge in [-0.05, 0) is 87.2 Å². The highest BCUT2D eigenvalue weighted by Crippen LogP contribution is 2.34. The largest absolute Gasteiger partial charge is 0.369 e. The van der Waals surface area contributed by atoms with Gasteiger partial charge in [0, 0.05) is 51.7 Å². The van der Waals surface area contributed by atoms with E-state index in [4.69, 9.17) is 5.73 Å². The lowest BCUT2D eigenvalue weighted by Crippen LogP contribution is -2.50. The lowest BCUT2D eigenvalue weighted by Gasteiger charge is -2.30. The summed E-state index contributed by atoms with van der Waals surface area (Å²) in [7, 11) is 3.16. The summed E-state index contributed by atoms with van der Waals surface area (Å²) in [6, 6.07) is 17.2. The molecule has 46 heavy (non-hydrogen) atoms. The Bertz CT molecular complexity index is 1800. The molecular formula is C34H43N7O4S. The van der Waals surface area contributed by atoms with Crippen molar-refractivity contribution in [3.05, 3.63) is 83.8 Å². The minimum Gasteiger partial charge on any atom is -0.369 e. The van der Waals surface area contributed by atoms with Crippen molar-refractivity contribution < 1.29 is 23.5 Å². The topological polar surface area (TPSA) is 152 Å². The van der Waals surface area contributed by atoms with Crippen molar-refractivity contribution in [2.24, 2.45) is 11.7 Å². The van der Waals surface area contributed by atoms with Crippen molar-refractivity contribution >= 4 is 58.6 Å². The summed E-state index contributed by atoms with van der Waals surface area (Å²) in [5.41, 5.74) is 7.85. The van der Waals surface area contributed by atoms with Crippen LogP contribution < -0.4 is 16.4 Å². The van der Waals surface area contributed by atoms with Gasteiger partial charge < -0.3 is 21.3 Å². The van der Waals surface area contributed by atoms with E-state index in [2.05, 4.69) is 20.7 Å². The number of hydrogen-bond donors (Lipinski definition) is 3. The summed E-state index contributed by atoms with van der Waals surface area (Å²) >= 11 is 1.41. The second-order valence-electron chi connectivity index (χ2n) is 11.3. The number of pyridine rings is 1. The molecule has 12 heteroatoms. The number of nitrogens with zero attached hydrogens (tertiary/aromatic N) is 4. The molecule has 2 heterocycles. The van der Waals surface area contributed by atoms with Crippen LogP contribution >= 0.6 is 11.8 Å². The number of hydrogen-bond acceptors (Lipinski definition) is 7. The first kappa shape index (κ1) is 32.4. The van der Waals surface area contributed by atoms with E-state index >= 15 is 0 Å². The molecule has 2 aromatic heterocycles. The highest BCUT2D eigenvalue weighted by Gasteiger charge is 2.30. The molecule has 5 rings (SSSR count). The molecule has 0 radical (unpaired) electrons. The molecule has 1 fully saturated rings. The molecule has 0 saturated heterocycles. The van der Waals surface area contributed by atoms with Crippen LogP contribution in [0.5, 0.6) is 0 Å². The molecule has 244 valence electrons. The number of nitrogens with two attached hydrogens (primary N) is 1. The molecule has 1 aliphatic carbocycles. The van der Waals surface area contributed by atoms with Crippen LogP contribution in [0.25, 0.3) is 23.1 Å². The fourth-order valence-corrected chi connectivity index (χ4v) is 6.41. The molecule has 2 aromatic carbocycles. The number of rotatable bonds is 9. The summed E-state index contributed by atoms with van der Waals surface area (Å²) in [4.78, 5) is 58.4. The Morgan fingerprint density at radius 1 is 1.04 bits per heavy atom. The third-order valence-corrected chi connectivity index (χ3v) is 9.35. The van der Waals surface area contributed by atoms with Gasteiger partial charge in [-0.15, -0.1) is 0 Å². The maximum atomic E-state index is 14.0. The number of carbonyl (C=O) groups is 4. The molecule has 0 aliphatic heterocycles. The predicted octanol–water partition coefficient (Wildman–Crippen LogP) is 5.30. The van der Waals surface area contributed by atoms with Crippen LogP contribution in [0, 0.1) is 5.92 Å². The fraction of sp³-hybridized carbons (Fsp3) is 0.294. The molecule has 11 nitrogen and oxygen atoms in total. The highest BCUT2D eigenvalue weighted by atomic mass is 32.2. The van der Waals surface area contributed by atoms with Crippen LogP contribution in [0.15, 0.2) is 76.7 Å². The third kappa shape index (κ3) is 7.28. The maximum absolute atomic E-state index is 14.0. The van der Waals surface area contributed by atoms with E-state index < -0.39 is 12.1 Å². The van der Waals surface area contributed by atoms with Crippen molar-refractivity contribution in [2.45, 2.75) is 54.5 Å². The van der Waals surface area contributed by atoms with E-state index in [9.17, 15) is 19.2 Å². The number of aromatic nitrogens is 3. The van der Waals surface area contributed by atoms with Gasteiger partial charge in [-0.25, -0.2) is 4.79 Å².